The Kier molecular flexibility index (Phi) is 2.07. The van der Waals surface area contributed by atoms with E-state index < -0.39 is 0 Å². The number of carbonyl (C=O) groups is 1. The third-order valence-electron chi connectivity index (χ3n) is 1.07. The van der Waals surface area contributed by atoms with Crippen LogP contribution in [0.4, 0.5) is 0 Å². The molecule has 2 nitrogen and oxygen atoms in total. The van der Waals surface area contributed by atoms with Gasteiger partial charge < -0.3 is 4.74 Å². The largest absolute Gasteiger partial charge is 0.494 e. The molecule has 0 aromatic heterocycles. The predicted molar refractivity (Wildman–Crippen MR) is 33.9 cm³/mol. The van der Waals surface area contributed by atoms with Crippen molar-refractivity contribution in [2.45, 2.75) is 6.42 Å². The van der Waals surface area contributed by atoms with Gasteiger partial charge in [0.1, 0.15) is 12.0 Å². The summed E-state index contributed by atoms with van der Waals surface area (Å²) in [6.07, 6.45) is 6.75. The zero-order valence-corrected chi connectivity index (χ0v) is 5.04. The lowest BCUT2D eigenvalue weighted by Crippen LogP contribution is -1.79. The quantitative estimate of drug-likeness (QED) is 0.406. The highest BCUT2D eigenvalue weighted by atomic mass is 16.5. The van der Waals surface area contributed by atoms with E-state index in [1.807, 2.05) is 6.08 Å². The minimum absolute atomic E-state index is 0.739. The van der Waals surface area contributed by atoms with Gasteiger partial charge in [0.25, 0.3) is 0 Å². The summed E-state index contributed by atoms with van der Waals surface area (Å²) < 4.78 is 5.07. The van der Waals surface area contributed by atoms with E-state index in [0.717, 1.165) is 25.1 Å². The minimum Gasteiger partial charge on any atom is -0.494 e. The first-order chi connectivity index (χ1) is 4.43. The van der Waals surface area contributed by atoms with E-state index in [1.54, 1.807) is 6.08 Å². The fraction of sp³-hybridized carbons (Fsp3) is 0.286. The second-order valence-corrected chi connectivity index (χ2v) is 1.74. The van der Waals surface area contributed by atoms with Crippen molar-refractivity contribution in [3.05, 3.63) is 24.0 Å². The number of carbonyl (C=O) groups excluding carboxylic acids is 1. The highest BCUT2D eigenvalue weighted by Gasteiger charge is 1.98. The first-order valence-corrected chi connectivity index (χ1v) is 2.88. The topological polar surface area (TPSA) is 26.3 Å². The molecule has 1 aliphatic rings. The van der Waals surface area contributed by atoms with Gasteiger partial charge >= 0.3 is 0 Å². The zero-order chi connectivity index (χ0) is 6.53. The van der Waals surface area contributed by atoms with Crippen LogP contribution in [0.1, 0.15) is 6.42 Å². The normalized spacial score (nSPS) is 17.6. The molecular formula is C7H8O2. The van der Waals surface area contributed by atoms with Crippen molar-refractivity contribution >= 4 is 6.29 Å². The third kappa shape index (κ3) is 1.72. The molecule has 0 amide bonds. The van der Waals surface area contributed by atoms with Crippen LogP contribution in [0.15, 0.2) is 24.0 Å². The molecule has 0 spiro atoms. The van der Waals surface area contributed by atoms with Crippen LogP contribution in [0.3, 0.4) is 0 Å². The summed E-state index contributed by atoms with van der Waals surface area (Å²) >= 11 is 0. The van der Waals surface area contributed by atoms with E-state index in [0.29, 0.717) is 0 Å². The van der Waals surface area contributed by atoms with Crippen LogP contribution >= 0.6 is 0 Å². The molecule has 1 heterocycles. The van der Waals surface area contributed by atoms with E-state index in [2.05, 4.69) is 0 Å². The van der Waals surface area contributed by atoms with Crippen LogP contribution in [0.5, 0.6) is 0 Å². The van der Waals surface area contributed by atoms with E-state index in [-0.39, 0.29) is 0 Å². The molecule has 0 aromatic rings. The molecule has 0 saturated heterocycles. The average Bonchev–Trinajstić information content (AvgIpc) is 2.34. The van der Waals surface area contributed by atoms with Crippen molar-refractivity contribution < 1.29 is 9.53 Å². The Morgan fingerprint density at radius 3 is 3.11 bits per heavy atom. The molecule has 0 N–H and O–H groups in total. The zero-order valence-electron chi connectivity index (χ0n) is 5.04. The molecule has 0 radical (unpaired) electrons. The van der Waals surface area contributed by atoms with Crippen molar-refractivity contribution in [1.82, 2.24) is 0 Å². The van der Waals surface area contributed by atoms with Crippen LogP contribution in [0.2, 0.25) is 0 Å². The lowest BCUT2D eigenvalue weighted by molar-refractivity contribution is -0.104. The summed E-state index contributed by atoms with van der Waals surface area (Å²) in [6, 6.07) is 0. The SMILES string of the molecule is O=C/C=C/C1=CCCO1. The number of allylic oxidation sites excluding steroid dienone is 2. The summed E-state index contributed by atoms with van der Waals surface area (Å²) in [7, 11) is 0. The number of rotatable bonds is 2. The second-order valence-electron chi connectivity index (χ2n) is 1.74. The number of aldehydes is 1. The Bertz CT molecular complexity index is 156. The molecule has 0 atom stereocenters. The van der Waals surface area contributed by atoms with Crippen molar-refractivity contribution in [1.29, 1.82) is 0 Å². The van der Waals surface area contributed by atoms with Gasteiger partial charge in [-0.3, -0.25) is 4.79 Å². The molecule has 0 aromatic carbocycles. The maximum atomic E-state index is 9.79. The fourth-order valence-corrected chi connectivity index (χ4v) is 0.687. The molecule has 1 rings (SSSR count). The smallest absolute Gasteiger partial charge is 0.142 e. The molecule has 2 heteroatoms. The number of hydrogen-bond donors (Lipinski definition) is 0. The molecular weight excluding hydrogens is 116 g/mol. The van der Waals surface area contributed by atoms with Crippen LogP contribution in [-0.2, 0) is 9.53 Å². The summed E-state index contributed by atoms with van der Waals surface area (Å²) in [4.78, 5) is 9.79. The number of ether oxygens (including phenoxy) is 1. The standard InChI is InChI=1S/C7H8O2/c8-5-1-3-7-4-2-6-9-7/h1,3-5H,2,6H2/b3-1+. The molecule has 0 unspecified atom stereocenters. The molecule has 9 heavy (non-hydrogen) atoms. The van der Waals surface area contributed by atoms with E-state index in [4.69, 9.17) is 4.74 Å². The Hall–Kier alpha value is -1.05. The van der Waals surface area contributed by atoms with Crippen LogP contribution in [-0.4, -0.2) is 12.9 Å². The molecule has 0 bridgehead atoms. The summed E-state index contributed by atoms with van der Waals surface area (Å²) in [5.74, 6) is 0.808. The summed E-state index contributed by atoms with van der Waals surface area (Å²) in [6.45, 7) is 0.749. The van der Waals surface area contributed by atoms with Gasteiger partial charge in [0.2, 0.25) is 0 Å². The van der Waals surface area contributed by atoms with Gasteiger partial charge in [0.15, 0.2) is 0 Å². The van der Waals surface area contributed by atoms with E-state index >= 15 is 0 Å². The third-order valence-corrected chi connectivity index (χ3v) is 1.07. The minimum atomic E-state index is 0.739. The lowest BCUT2D eigenvalue weighted by atomic mass is 10.4. The van der Waals surface area contributed by atoms with Crippen LogP contribution in [0.25, 0.3) is 0 Å². The van der Waals surface area contributed by atoms with Gasteiger partial charge in [0.05, 0.1) is 6.61 Å². The lowest BCUT2D eigenvalue weighted by Gasteiger charge is -1.92. The van der Waals surface area contributed by atoms with Crippen molar-refractivity contribution in [2.75, 3.05) is 6.61 Å². The summed E-state index contributed by atoms with van der Waals surface area (Å²) in [5, 5.41) is 0. The predicted octanol–water partition coefficient (Wildman–Crippen LogP) is 1.05. The maximum absolute atomic E-state index is 9.79. The molecule has 48 valence electrons. The number of hydrogen-bond acceptors (Lipinski definition) is 2. The first-order valence-electron chi connectivity index (χ1n) is 2.88. The Balaban J connectivity index is 2.42. The van der Waals surface area contributed by atoms with Crippen molar-refractivity contribution in [3.63, 3.8) is 0 Å². The van der Waals surface area contributed by atoms with E-state index in [9.17, 15) is 4.79 Å². The van der Waals surface area contributed by atoms with Crippen molar-refractivity contribution in [3.8, 4) is 0 Å². The molecule has 0 fully saturated rings. The van der Waals surface area contributed by atoms with Crippen LogP contribution in [0, 0.1) is 0 Å². The maximum Gasteiger partial charge on any atom is 0.142 e. The highest BCUT2D eigenvalue weighted by molar-refractivity contribution is 5.65. The van der Waals surface area contributed by atoms with Gasteiger partial charge in [-0.1, -0.05) is 0 Å². The van der Waals surface area contributed by atoms with Gasteiger partial charge in [0, 0.05) is 6.42 Å². The van der Waals surface area contributed by atoms with Gasteiger partial charge in [-0.15, -0.1) is 0 Å². The Labute approximate surface area is 53.8 Å². The Morgan fingerprint density at radius 2 is 2.56 bits per heavy atom. The Morgan fingerprint density at radius 1 is 1.67 bits per heavy atom. The van der Waals surface area contributed by atoms with E-state index in [1.165, 1.54) is 6.08 Å². The summed E-state index contributed by atoms with van der Waals surface area (Å²) in [5.41, 5.74) is 0. The molecule has 0 aliphatic carbocycles. The van der Waals surface area contributed by atoms with Gasteiger partial charge in [-0.2, -0.15) is 0 Å². The highest BCUT2D eigenvalue weighted by Crippen LogP contribution is 2.08. The second kappa shape index (κ2) is 3.07. The monoisotopic (exact) mass is 124 g/mol. The average molecular weight is 124 g/mol. The van der Waals surface area contributed by atoms with Crippen LogP contribution < -0.4 is 0 Å². The van der Waals surface area contributed by atoms with Crippen molar-refractivity contribution in [2.24, 2.45) is 0 Å². The van der Waals surface area contributed by atoms with Gasteiger partial charge in [-0.25, -0.2) is 0 Å². The first kappa shape index (κ1) is 6.08. The fourth-order valence-electron chi connectivity index (χ4n) is 0.687. The molecule has 1 aliphatic heterocycles. The van der Waals surface area contributed by atoms with Gasteiger partial charge in [-0.05, 0) is 18.2 Å². The molecule has 0 saturated carbocycles.